The monoisotopic (exact) mass is 273 g/mol. The topological polar surface area (TPSA) is 21.3 Å². The van der Waals surface area contributed by atoms with Gasteiger partial charge < -0.3 is 10.1 Å². The van der Waals surface area contributed by atoms with Crippen LogP contribution in [-0.2, 0) is 0 Å². The number of benzene rings is 1. The Kier molecular flexibility index (Phi) is 5.66. The molecule has 2 atom stereocenters. The molecule has 2 unspecified atom stereocenters. The summed E-state index contributed by atoms with van der Waals surface area (Å²) < 4.78 is 5.66. The third kappa shape index (κ3) is 4.68. The van der Waals surface area contributed by atoms with Crippen LogP contribution < -0.4 is 10.1 Å². The fourth-order valence-electron chi connectivity index (χ4n) is 2.71. The lowest BCUT2D eigenvalue weighted by molar-refractivity contribution is 0.242. The van der Waals surface area contributed by atoms with E-state index in [1.54, 1.807) is 0 Å². The Hall–Kier alpha value is -1.28. The van der Waals surface area contributed by atoms with Crippen molar-refractivity contribution in [1.29, 1.82) is 0 Å². The average molecular weight is 273 g/mol. The fourth-order valence-corrected chi connectivity index (χ4v) is 2.71. The molecule has 1 saturated heterocycles. The first-order valence-electron chi connectivity index (χ1n) is 7.85. The fraction of sp³-hybridized carbons (Fsp3) is 0.556. The quantitative estimate of drug-likeness (QED) is 0.865. The normalized spacial score (nSPS) is 23.4. The molecule has 1 aromatic carbocycles. The van der Waals surface area contributed by atoms with Crippen LogP contribution in [-0.4, -0.2) is 18.7 Å². The molecular formula is C18H27NO. The number of ether oxygens (including phenoxy) is 1. The Morgan fingerprint density at radius 2 is 2.05 bits per heavy atom. The van der Waals surface area contributed by atoms with Gasteiger partial charge in [-0.25, -0.2) is 0 Å². The smallest absolute Gasteiger partial charge is 0.119 e. The van der Waals surface area contributed by atoms with E-state index in [2.05, 4.69) is 36.5 Å². The summed E-state index contributed by atoms with van der Waals surface area (Å²) >= 11 is 0. The molecule has 2 rings (SSSR count). The van der Waals surface area contributed by atoms with Crippen LogP contribution in [0, 0.1) is 5.92 Å². The van der Waals surface area contributed by atoms with Gasteiger partial charge >= 0.3 is 0 Å². The summed E-state index contributed by atoms with van der Waals surface area (Å²) in [7, 11) is 0. The molecule has 0 amide bonds. The molecule has 20 heavy (non-hydrogen) atoms. The van der Waals surface area contributed by atoms with Crippen molar-refractivity contribution in [3.63, 3.8) is 0 Å². The summed E-state index contributed by atoms with van der Waals surface area (Å²) in [6, 6.07) is 8.86. The number of rotatable bonds is 5. The highest BCUT2D eigenvalue weighted by atomic mass is 16.5. The van der Waals surface area contributed by atoms with E-state index in [1.807, 2.05) is 26.0 Å². The van der Waals surface area contributed by atoms with Gasteiger partial charge in [-0.05, 0) is 56.8 Å². The van der Waals surface area contributed by atoms with Crippen molar-refractivity contribution in [2.75, 3.05) is 6.54 Å². The Morgan fingerprint density at radius 3 is 2.70 bits per heavy atom. The second-order valence-electron chi connectivity index (χ2n) is 5.95. The Morgan fingerprint density at radius 1 is 1.30 bits per heavy atom. The summed E-state index contributed by atoms with van der Waals surface area (Å²) in [5, 5.41) is 3.58. The van der Waals surface area contributed by atoms with E-state index >= 15 is 0 Å². The molecule has 0 saturated carbocycles. The van der Waals surface area contributed by atoms with Gasteiger partial charge in [-0.2, -0.15) is 0 Å². The van der Waals surface area contributed by atoms with E-state index in [0.29, 0.717) is 6.04 Å². The molecule has 0 aromatic heterocycles. The van der Waals surface area contributed by atoms with Crippen molar-refractivity contribution in [3.8, 4) is 5.75 Å². The van der Waals surface area contributed by atoms with Crippen LogP contribution in [0.3, 0.4) is 0 Å². The van der Waals surface area contributed by atoms with Gasteiger partial charge in [0, 0.05) is 6.04 Å². The van der Waals surface area contributed by atoms with Crippen LogP contribution in [0.15, 0.2) is 30.3 Å². The van der Waals surface area contributed by atoms with Crippen molar-refractivity contribution in [3.05, 3.63) is 35.9 Å². The highest BCUT2D eigenvalue weighted by Gasteiger charge is 2.17. The van der Waals surface area contributed by atoms with E-state index < -0.39 is 0 Å². The standard InChI is InChI=1S/C18H27NO/c1-4-15-11-12-19-17(13-15)8-5-16-6-9-18(10-7-16)20-14(2)3/h5-10,14-15,17,19H,4,11-13H2,1-3H3/b8-5+. The highest BCUT2D eigenvalue weighted by Crippen LogP contribution is 2.21. The number of piperidine rings is 1. The third-order valence-corrected chi connectivity index (χ3v) is 3.90. The molecule has 2 nitrogen and oxygen atoms in total. The maximum Gasteiger partial charge on any atom is 0.119 e. The molecule has 2 heteroatoms. The minimum absolute atomic E-state index is 0.230. The van der Waals surface area contributed by atoms with Crippen molar-refractivity contribution in [2.24, 2.45) is 5.92 Å². The van der Waals surface area contributed by atoms with E-state index in [4.69, 9.17) is 4.74 Å². The largest absolute Gasteiger partial charge is 0.491 e. The van der Waals surface area contributed by atoms with Crippen LogP contribution in [0.4, 0.5) is 0 Å². The van der Waals surface area contributed by atoms with Gasteiger partial charge in [-0.1, -0.05) is 37.6 Å². The first-order valence-corrected chi connectivity index (χ1v) is 7.85. The Labute approximate surface area is 123 Å². The van der Waals surface area contributed by atoms with Gasteiger partial charge in [0.2, 0.25) is 0 Å². The SMILES string of the molecule is CCC1CCNC(/C=C/c2ccc(OC(C)C)cc2)C1. The van der Waals surface area contributed by atoms with Crippen molar-refractivity contribution in [2.45, 2.75) is 52.2 Å². The lowest BCUT2D eigenvalue weighted by Crippen LogP contribution is -2.36. The van der Waals surface area contributed by atoms with E-state index in [9.17, 15) is 0 Å². The van der Waals surface area contributed by atoms with Gasteiger partial charge in [0.1, 0.15) is 5.75 Å². The molecule has 1 N–H and O–H groups in total. The zero-order valence-electron chi connectivity index (χ0n) is 12.9. The summed E-state index contributed by atoms with van der Waals surface area (Å²) in [5.41, 5.74) is 1.24. The van der Waals surface area contributed by atoms with Crippen LogP contribution in [0.5, 0.6) is 5.75 Å². The summed E-state index contributed by atoms with van der Waals surface area (Å²) in [4.78, 5) is 0. The molecule has 0 spiro atoms. The Balaban J connectivity index is 1.90. The first kappa shape index (κ1) is 15.1. The van der Waals surface area contributed by atoms with Gasteiger partial charge in [-0.3, -0.25) is 0 Å². The van der Waals surface area contributed by atoms with Crippen LogP contribution in [0.1, 0.15) is 45.6 Å². The van der Waals surface area contributed by atoms with Crippen LogP contribution in [0.2, 0.25) is 0 Å². The Bertz CT molecular complexity index is 422. The zero-order valence-corrected chi connectivity index (χ0v) is 12.9. The van der Waals surface area contributed by atoms with Gasteiger partial charge in [0.15, 0.2) is 0 Å². The average Bonchev–Trinajstić information content (AvgIpc) is 2.46. The molecule has 110 valence electrons. The second kappa shape index (κ2) is 7.49. The number of nitrogens with one attached hydrogen (secondary N) is 1. The molecule has 0 aliphatic carbocycles. The van der Waals surface area contributed by atoms with E-state index in [-0.39, 0.29) is 6.10 Å². The minimum atomic E-state index is 0.230. The predicted molar refractivity (Wildman–Crippen MR) is 86.0 cm³/mol. The van der Waals surface area contributed by atoms with Gasteiger partial charge in [0.05, 0.1) is 6.10 Å². The summed E-state index contributed by atoms with van der Waals surface area (Å²) in [6.45, 7) is 7.54. The highest BCUT2D eigenvalue weighted by molar-refractivity contribution is 5.51. The third-order valence-electron chi connectivity index (χ3n) is 3.90. The summed E-state index contributed by atoms with van der Waals surface area (Å²) in [6.07, 6.45) is 8.64. The maximum absolute atomic E-state index is 5.66. The first-order chi connectivity index (χ1) is 9.67. The zero-order chi connectivity index (χ0) is 14.4. The van der Waals surface area contributed by atoms with Crippen LogP contribution >= 0.6 is 0 Å². The molecular weight excluding hydrogens is 246 g/mol. The molecule has 1 fully saturated rings. The molecule has 1 heterocycles. The van der Waals surface area contributed by atoms with Crippen molar-refractivity contribution in [1.82, 2.24) is 5.32 Å². The lowest BCUT2D eigenvalue weighted by atomic mass is 9.90. The van der Waals surface area contributed by atoms with Crippen LogP contribution in [0.25, 0.3) is 6.08 Å². The molecule has 0 bridgehead atoms. The van der Waals surface area contributed by atoms with Crippen molar-refractivity contribution >= 4 is 6.08 Å². The van der Waals surface area contributed by atoms with Gasteiger partial charge in [-0.15, -0.1) is 0 Å². The van der Waals surface area contributed by atoms with Crippen molar-refractivity contribution < 1.29 is 4.74 Å². The predicted octanol–water partition coefficient (Wildman–Crippen LogP) is 4.27. The lowest BCUT2D eigenvalue weighted by Gasteiger charge is -2.27. The maximum atomic E-state index is 5.66. The number of hydrogen-bond donors (Lipinski definition) is 1. The number of hydrogen-bond acceptors (Lipinski definition) is 2. The van der Waals surface area contributed by atoms with E-state index in [0.717, 1.165) is 18.2 Å². The second-order valence-corrected chi connectivity index (χ2v) is 5.95. The molecule has 0 radical (unpaired) electrons. The minimum Gasteiger partial charge on any atom is -0.491 e. The van der Waals surface area contributed by atoms with Gasteiger partial charge in [0.25, 0.3) is 0 Å². The van der Waals surface area contributed by atoms with E-state index in [1.165, 1.54) is 24.8 Å². The molecule has 1 aromatic rings. The molecule has 1 aliphatic rings. The summed E-state index contributed by atoms with van der Waals surface area (Å²) in [5.74, 6) is 1.83. The molecule has 1 aliphatic heterocycles.